The number of aliphatic hydroxyl groups excluding tert-OH is 1. The van der Waals surface area contributed by atoms with E-state index >= 15 is 0 Å². The van der Waals surface area contributed by atoms with Gasteiger partial charge >= 0.3 is 0 Å². The monoisotopic (exact) mass is 223 g/mol. The van der Waals surface area contributed by atoms with E-state index in [1.165, 1.54) is 0 Å². The predicted octanol–water partition coefficient (Wildman–Crippen LogP) is 1.31. The quantitative estimate of drug-likeness (QED) is 0.808. The summed E-state index contributed by atoms with van der Waals surface area (Å²) in [6, 6.07) is 3.89. The second-order valence-electron chi connectivity index (χ2n) is 4.77. The molecule has 0 radical (unpaired) electrons. The minimum atomic E-state index is -0.317. The first-order valence-electron chi connectivity index (χ1n) is 5.44. The van der Waals surface area contributed by atoms with Gasteiger partial charge in [-0.15, -0.1) is 0 Å². The van der Waals surface area contributed by atoms with E-state index in [2.05, 4.69) is 4.98 Å². The van der Waals surface area contributed by atoms with Crippen molar-refractivity contribution in [3.05, 3.63) is 23.9 Å². The van der Waals surface area contributed by atoms with Crippen LogP contribution in [0.25, 0.3) is 0 Å². The topological polar surface area (TPSA) is 62.4 Å². The maximum Gasteiger partial charge on any atom is 0.128 e. The lowest BCUT2D eigenvalue weighted by Gasteiger charge is -2.34. The summed E-state index contributed by atoms with van der Waals surface area (Å²) in [4.78, 5) is 6.31. The number of anilines is 1. The van der Waals surface area contributed by atoms with Crippen molar-refractivity contribution in [3.8, 4) is 0 Å². The van der Waals surface area contributed by atoms with Gasteiger partial charge in [0.05, 0.1) is 12.1 Å². The van der Waals surface area contributed by atoms with Crippen LogP contribution in [0, 0.1) is 0 Å². The lowest BCUT2D eigenvalue weighted by atomic mass is 10.1. The van der Waals surface area contributed by atoms with Gasteiger partial charge in [-0.2, -0.15) is 0 Å². The van der Waals surface area contributed by atoms with Gasteiger partial charge in [0.15, 0.2) is 0 Å². The molecular weight excluding hydrogens is 202 g/mol. The first-order chi connectivity index (χ1) is 7.38. The van der Waals surface area contributed by atoms with Crippen LogP contribution < -0.4 is 10.6 Å². The zero-order valence-corrected chi connectivity index (χ0v) is 10.4. The van der Waals surface area contributed by atoms with Crippen molar-refractivity contribution in [1.29, 1.82) is 0 Å². The molecule has 1 rings (SSSR count). The molecule has 1 aromatic rings. The number of rotatable bonds is 4. The fraction of sp³-hybridized carbons (Fsp3) is 0.583. The smallest absolute Gasteiger partial charge is 0.128 e. The average Bonchev–Trinajstić information content (AvgIpc) is 2.28. The standard InChI is InChI=1S/C12H21N3O/c1-9(13)10-5-6-11(14-7-10)15(4)12(2,3)8-16/h5-7,9,16H,8,13H2,1-4H3/t9-/m1/s1. The number of nitrogens with two attached hydrogens (primary N) is 1. The van der Waals surface area contributed by atoms with Crippen molar-refractivity contribution in [2.24, 2.45) is 5.73 Å². The van der Waals surface area contributed by atoms with Crippen molar-refractivity contribution in [2.45, 2.75) is 32.4 Å². The molecule has 1 heterocycles. The number of nitrogens with zero attached hydrogens (tertiary/aromatic N) is 2. The molecule has 0 aromatic carbocycles. The molecule has 0 saturated heterocycles. The van der Waals surface area contributed by atoms with Gasteiger partial charge in [0.2, 0.25) is 0 Å². The summed E-state index contributed by atoms with van der Waals surface area (Å²) in [5.41, 5.74) is 6.45. The molecule has 0 aliphatic rings. The molecule has 0 fully saturated rings. The van der Waals surface area contributed by atoms with E-state index in [9.17, 15) is 5.11 Å². The molecule has 1 aromatic heterocycles. The van der Waals surface area contributed by atoms with Gasteiger partial charge < -0.3 is 15.7 Å². The third-order valence-electron chi connectivity index (χ3n) is 2.94. The van der Waals surface area contributed by atoms with Crippen LogP contribution in [0.4, 0.5) is 5.82 Å². The Morgan fingerprint density at radius 3 is 2.50 bits per heavy atom. The highest BCUT2D eigenvalue weighted by molar-refractivity contribution is 5.41. The Morgan fingerprint density at radius 2 is 2.12 bits per heavy atom. The number of hydrogen-bond donors (Lipinski definition) is 2. The zero-order valence-electron chi connectivity index (χ0n) is 10.4. The molecule has 0 unspecified atom stereocenters. The number of aromatic nitrogens is 1. The molecule has 0 bridgehead atoms. The summed E-state index contributed by atoms with van der Waals surface area (Å²) in [5.74, 6) is 0.837. The Morgan fingerprint density at radius 1 is 1.50 bits per heavy atom. The third-order valence-corrected chi connectivity index (χ3v) is 2.94. The summed E-state index contributed by atoms with van der Waals surface area (Å²) >= 11 is 0. The normalized spacial score (nSPS) is 13.6. The molecule has 4 heteroatoms. The maximum absolute atomic E-state index is 9.28. The van der Waals surface area contributed by atoms with E-state index in [0.29, 0.717) is 0 Å². The number of pyridine rings is 1. The van der Waals surface area contributed by atoms with Crippen LogP contribution in [-0.2, 0) is 0 Å². The fourth-order valence-corrected chi connectivity index (χ4v) is 1.28. The Bertz CT molecular complexity index is 333. The molecular formula is C12H21N3O. The minimum Gasteiger partial charge on any atom is -0.394 e. The molecule has 90 valence electrons. The summed E-state index contributed by atoms with van der Waals surface area (Å²) in [7, 11) is 1.92. The van der Waals surface area contributed by atoms with Crippen LogP contribution in [0.1, 0.15) is 32.4 Å². The second-order valence-corrected chi connectivity index (χ2v) is 4.77. The Labute approximate surface area is 97.1 Å². The van der Waals surface area contributed by atoms with E-state index in [-0.39, 0.29) is 18.2 Å². The molecule has 4 nitrogen and oxygen atoms in total. The Hall–Kier alpha value is -1.13. The maximum atomic E-state index is 9.28. The van der Waals surface area contributed by atoms with Crippen LogP contribution >= 0.6 is 0 Å². The molecule has 0 spiro atoms. The summed E-state index contributed by atoms with van der Waals surface area (Å²) in [6.45, 7) is 5.95. The van der Waals surface area contributed by atoms with Crippen LogP contribution in [0.15, 0.2) is 18.3 Å². The molecule has 0 aliphatic heterocycles. The van der Waals surface area contributed by atoms with E-state index in [4.69, 9.17) is 5.73 Å². The third kappa shape index (κ3) is 2.71. The van der Waals surface area contributed by atoms with E-state index in [1.807, 2.05) is 44.9 Å². The van der Waals surface area contributed by atoms with Crippen LogP contribution in [-0.4, -0.2) is 29.3 Å². The van der Waals surface area contributed by atoms with Gasteiger partial charge in [0, 0.05) is 19.3 Å². The lowest BCUT2D eigenvalue weighted by Crippen LogP contribution is -2.44. The van der Waals surface area contributed by atoms with E-state index < -0.39 is 0 Å². The van der Waals surface area contributed by atoms with E-state index in [0.717, 1.165) is 11.4 Å². The predicted molar refractivity (Wildman–Crippen MR) is 66.4 cm³/mol. The summed E-state index contributed by atoms with van der Waals surface area (Å²) in [5, 5.41) is 9.28. The molecule has 0 saturated carbocycles. The summed E-state index contributed by atoms with van der Waals surface area (Å²) in [6.07, 6.45) is 1.78. The minimum absolute atomic E-state index is 0.00212. The Kier molecular flexibility index (Phi) is 3.88. The van der Waals surface area contributed by atoms with Crippen molar-refractivity contribution in [1.82, 2.24) is 4.98 Å². The van der Waals surface area contributed by atoms with Gasteiger partial charge in [-0.1, -0.05) is 6.07 Å². The van der Waals surface area contributed by atoms with Gasteiger partial charge in [-0.05, 0) is 32.4 Å². The van der Waals surface area contributed by atoms with Gasteiger partial charge in [-0.25, -0.2) is 4.98 Å². The largest absolute Gasteiger partial charge is 0.394 e. The van der Waals surface area contributed by atoms with Crippen molar-refractivity contribution in [2.75, 3.05) is 18.6 Å². The highest BCUT2D eigenvalue weighted by Gasteiger charge is 2.23. The first-order valence-corrected chi connectivity index (χ1v) is 5.44. The average molecular weight is 223 g/mol. The van der Waals surface area contributed by atoms with Crippen molar-refractivity contribution >= 4 is 5.82 Å². The van der Waals surface area contributed by atoms with Crippen molar-refractivity contribution in [3.63, 3.8) is 0 Å². The Balaban J connectivity index is 2.90. The highest BCUT2D eigenvalue weighted by atomic mass is 16.3. The lowest BCUT2D eigenvalue weighted by molar-refractivity contribution is 0.215. The van der Waals surface area contributed by atoms with Crippen LogP contribution in [0.3, 0.4) is 0 Å². The van der Waals surface area contributed by atoms with Gasteiger partial charge in [-0.3, -0.25) is 0 Å². The second kappa shape index (κ2) is 4.80. The van der Waals surface area contributed by atoms with E-state index in [1.54, 1.807) is 6.20 Å². The SMILES string of the molecule is C[C@@H](N)c1ccc(N(C)C(C)(C)CO)nc1. The summed E-state index contributed by atoms with van der Waals surface area (Å²) < 4.78 is 0. The molecule has 3 N–H and O–H groups in total. The van der Waals surface area contributed by atoms with Crippen LogP contribution in [0.2, 0.25) is 0 Å². The van der Waals surface area contributed by atoms with Crippen LogP contribution in [0.5, 0.6) is 0 Å². The number of likely N-dealkylation sites (N-methyl/N-ethyl adjacent to an activating group) is 1. The number of hydrogen-bond acceptors (Lipinski definition) is 4. The molecule has 16 heavy (non-hydrogen) atoms. The number of aliphatic hydroxyl groups is 1. The van der Waals surface area contributed by atoms with Gasteiger partial charge in [0.1, 0.15) is 5.82 Å². The molecule has 0 aliphatic carbocycles. The highest BCUT2D eigenvalue weighted by Crippen LogP contribution is 2.20. The van der Waals surface area contributed by atoms with Gasteiger partial charge in [0.25, 0.3) is 0 Å². The van der Waals surface area contributed by atoms with Crippen molar-refractivity contribution < 1.29 is 5.11 Å². The molecule has 0 amide bonds. The zero-order chi connectivity index (χ0) is 12.3. The first kappa shape index (κ1) is 12.9. The fourth-order valence-electron chi connectivity index (χ4n) is 1.28. The molecule has 1 atom stereocenters.